The molecule has 1 aliphatic rings. The van der Waals surface area contributed by atoms with E-state index in [0.717, 1.165) is 42.7 Å². The van der Waals surface area contributed by atoms with Gasteiger partial charge in [0.05, 0.1) is 11.0 Å². The number of nitrogens with zero attached hydrogens (tertiary/aromatic N) is 2. The lowest BCUT2D eigenvalue weighted by atomic mass is 9.93. The van der Waals surface area contributed by atoms with Gasteiger partial charge in [0, 0.05) is 31.0 Å². The van der Waals surface area contributed by atoms with Gasteiger partial charge in [0.25, 0.3) is 0 Å². The van der Waals surface area contributed by atoms with E-state index >= 15 is 0 Å². The molecule has 25 heavy (non-hydrogen) atoms. The topological polar surface area (TPSA) is 61.0 Å². The number of likely N-dealkylation sites (tertiary alicyclic amines) is 1. The Morgan fingerprint density at radius 1 is 1.48 bits per heavy atom. The summed E-state index contributed by atoms with van der Waals surface area (Å²) >= 11 is 5.99. The van der Waals surface area contributed by atoms with E-state index in [0.29, 0.717) is 23.9 Å². The Morgan fingerprint density at radius 2 is 2.36 bits per heavy atom. The maximum Gasteiger partial charge on any atom is 0.220 e. The zero-order chi connectivity index (χ0) is 17.6. The molecule has 1 fully saturated rings. The quantitative estimate of drug-likeness (QED) is 0.742. The van der Waals surface area contributed by atoms with E-state index in [9.17, 15) is 4.79 Å². The third-order valence-corrected chi connectivity index (χ3v) is 5.14. The summed E-state index contributed by atoms with van der Waals surface area (Å²) in [4.78, 5) is 22.2. The first-order chi connectivity index (χ1) is 12.1. The summed E-state index contributed by atoms with van der Waals surface area (Å²) in [5.41, 5.74) is 1.89. The molecular formula is C19H27ClN4O. The zero-order valence-electron chi connectivity index (χ0n) is 14.9. The van der Waals surface area contributed by atoms with Crippen LogP contribution in [-0.2, 0) is 11.2 Å². The SMILES string of the molecule is CN1CCC[C@@H](CCC(=O)NCCCc2nc3ccc(Cl)cc3[nH]2)C1. The molecule has 1 saturated heterocycles. The number of benzene rings is 1. The number of rotatable bonds is 7. The minimum Gasteiger partial charge on any atom is -0.356 e. The second-order valence-corrected chi connectivity index (χ2v) is 7.54. The van der Waals surface area contributed by atoms with Crippen molar-refractivity contribution in [3.63, 3.8) is 0 Å². The number of aromatic nitrogens is 2. The van der Waals surface area contributed by atoms with E-state index in [1.807, 2.05) is 18.2 Å². The molecule has 5 nitrogen and oxygen atoms in total. The number of aryl methyl sites for hydroxylation is 1. The number of hydrogen-bond acceptors (Lipinski definition) is 3. The van der Waals surface area contributed by atoms with Crippen LogP contribution in [0.25, 0.3) is 11.0 Å². The molecule has 2 N–H and O–H groups in total. The summed E-state index contributed by atoms with van der Waals surface area (Å²) in [7, 11) is 2.16. The number of carbonyl (C=O) groups is 1. The summed E-state index contributed by atoms with van der Waals surface area (Å²) in [5.74, 6) is 1.79. The van der Waals surface area contributed by atoms with Crippen LogP contribution in [-0.4, -0.2) is 47.5 Å². The first kappa shape index (κ1) is 18.2. The Bertz CT molecular complexity index is 715. The number of H-pyrrole nitrogens is 1. The zero-order valence-corrected chi connectivity index (χ0v) is 15.6. The average molecular weight is 363 g/mol. The summed E-state index contributed by atoms with van der Waals surface area (Å²) < 4.78 is 0. The molecule has 1 aromatic heterocycles. The molecular weight excluding hydrogens is 336 g/mol. The van der Waals surface area contributed by atoms with Gasteiger partial charge >= 0.3 is 0 Å². The Morgan fingerprint density at radius 3 is 3.20 bits per heavy atom. The van der Waals surface area contributed by atoms with E-state index in [1.165, 1.54) is 19.4 Å². The first-order valence-corrected chi connectivity index (χ1v) is 9.57. The number of halogens is 1. The Balaban J connectivity index is 1.34. The fourth-order valence-corrected chi connectivity index (χ4v) is 3.74. The molecule has 1 amide bonds. The molecule has 1 atom stereocenters. The van der Waals surface area contributed by atoms with Crippen molar-refractivity contribution in [3.8, 4) is 0 Å². The van der Waals surface area contributed by atoms with Gasteiger partial charge in [0.2, 0.25) is 5.91 Å². The summed E-state index contributed by atoms with van der Waals surface area (Å²) in [6.45, 7) is 3.02. The minimum atomic E-state index is 0.171. The van der Waals surface area contributed by atoms with Crippen molar-refractivity contribution < 1.29 is 4.79 Å². The van der Waals surface area contributed by atoms with Gasteiger partial charge in [-0.1, -0.05) is 11.6 Å². The third-order valence-electron chi connectivity index (χ3n) is 4.91. The Kier molecular flexibility index (Phi) is 6.32. The number of fused-ring (bicyclic) bond motifs is 1. The lowest BCUT2D eigenvalue weighted by Crippen LogP contribution is -2.33. The van der Waals surface area contributed by atoms with Gasteiger partial charge < -0.3 is 15.2 Å². The highest BCUT2D eigenvalue weighted by molar-refractivity contribution is 6.31. The predicted octanol–water partition coefficient (Wildman–Crippen LogP) is 3.39. The maximum atomic E-state index is 12.0. The minimum absolute atomic E-state index is 0.171. The van der Waals surface area contributed by atoms with E-state index in [2.05, 4.69) is 27.2 Å². The standard InChI is InChI=1S/C19H27ClN4O/c1-24-11-3-4-14(13-24)6-9-19(25)21-10-2-5-18-22-16-8-7-15(20)12-17(16)23-18/h7-8,12,14H,2-6,9-11,13H2,1H3,(H,21,25)(H,22,23)/t14-/m0/s1. The largest absolute Gasteiger partial charge is 0.356 e. The van der Waals surface area contributed by atoms with Gasteiger partial charge in [0.1, 0.15) is 5.82 Å². The van der Waals surface area contributed by atoms with E-state index in [4.69, 9.17) is 11.6 Å². The number of nitrogens with one attached hydrogen (secondary N) is 2. The molecule has 0 bridgehead atoms. The Hall–Kier alpha value is -1.59. The van der Waals surface area contributed by atoms with Crippen LogP contribution in [0.4, 0.5) is 0 Å². The van der Waals surface area contributed by atoms with Crippen LogP contribution in [0.3, 0.4) is 0 Å². The van der Waals surface area contributed by atoms with Crippen molar-refractivity contribution in [3.05, 3.63) is 29.0 Å². The highest BCUT2D eigenvalue weighted by atomic mass is 35.5. The van der Waals surface area contributed by atoms with Gasteiger partial charge in [0.15, 0.2) is 0 Å². The normalized spacial score (nSPS) is 18.6. The van der Waals surface area contributed by atoms with Crippen LogP contribution in [0.2, 0.25) is 5.02 Å². The van der Waals surface area contributed by atoms with Crippen molar-refractivity contribution >= 4 is 28.5 Å². The highest BCUT2D eigenvalue weighted by Gasteiger charge is 2.17. The number of amides is 1. The van der Waals surface area contributed by atoms with Crippen molar-refractivity contribution in [1.29, 1.82) is 0 Å². The number of aromatic amines is 1. The molecule has 6 heteroatoms. The number of imidazole rings is 1. The number of hydrogen-bond donors (Lipinski definition) is 2. The molecule has 1 aliphatic heterocycles. The number of piperidine rings is 1. The molecule has 3 rings (SSSR count). The molecule has 136 valence electrons. The number of carbonyl (C=O) groups excluding carboxylic acids is 1. The molecule has 2 aromatic rings. The molecule has 2 heterocycles. The van der Waals surface area contributed by atoms with Crippen LogP contribution in [0.15, 0.2) is 18.2 Å². The van der Waals surface area contributed by atoms with Crippen LogP contribution in [0.5, 0.6) is 0 Å². The van der Waals surface area contributed by atoms with Crippen molar-refractivity contribution in [2.75, 3.05) is 26.7 Å². The van der Waals surface area contributed by atoms with Gasteiger partial charge in [-0.25, -0.2) is 4.98 Å². The van der Waals surface area contributed by atoms with Crippen molar-refractivity contribution in [1.82, 2.24) is 20.2 Å². The smallest absolute Gasteiger partial charge is 0.220 e. The van der Waals surface area contributed by atoms with Gasteiger partial charge in [-0.15, -0.1) is 0 Å². The predicted molar refractivity (Wildman–Crippen MR) is 102 cm³/mol. The molecule has 0 aliphatic carbocycles. The van der Waals surface area contributed by atoms with E-state index < -0.39 is 0 Å². The summed E-state index contributed by atoms with van der Waals surface area (Å²) in [6, 6.07) is 5.65. The molecule has 1 aromatic carbocycles. The van der Waals surface area contributed by atoms with Gasteiger partial charge in [-0.2, -0.15) is 0 Å². The van der Waals surface area contributed by atoms with Gasteiger partial charge in [-0.05, 0) is 63.4 Å². The lowest BCUT2D eigenvalue weighted by Gasteiger charge is -2.29. The molecule has 0 radical (unpaired) electrons. The monoisotopic (exact) mass is 362 g/mol. The van der Waals surface area contributed by atoms with Crippen LogP contribution < -0.4 is 5.32 Å². The van der Waals surface area contributed by atoms with Crippen LogP contribution in [0.1, 0.15) is 37.9 Å². The second-order valence-electron chi connectivity index (χ2n) is 7.11. The molecule has 0 spiro atoms. The fourth-order valence-electron chi connectivity index (χ4n) is 3.57. The summed E-state index contributed by atoms with van der Waals surface area (Å²) in [5, 5.41) is 3.74. The Labute approximate surface area is 154 Å². The van der Waals surface area contributed by atoms with Crippen molar-refractivity contribution in [2.24, 2.45) is 5.92 Å². The van der Waals surface area contributed by atoms with Gasteiger partial charge in [-0.3, -0.25) is 4.79 Å². The van der Waals surface area contributed by atoms with Crippen LogP contribution >= 0.6 is 11.6 Å². The van der Waals surface area contributed by atoms with E-state index in [1.54, 1.807) is 0 Å². The second kappa shape index (κ2) is 8.68. The molecule has 0 saturated carbocycles. The maximum absolute atomic E-state index is 12.0. The highest BCUT2D eigenvalue weighted by Crippen LogP contribution is 2.20. The fraction of sp³-hybridized carbons (Fsp3) is 0.579. The third kappa shape index (κ3) is 5.44. The van der Waals surface area contributed by atoms with E-state index in [-0.39, 0.29) is 5.91 Å². The first-order valence-electron chi connectivity index (χ1n) is 9.19. The van der Waals surface area contributed by atoms with Crippen molar-refractivity contribution in [2.45, 2.75) is 38.5 Å². The average Bonchev–Trinajstić information content (AvgIpc) is 2.99. The lowest BCUT2D eigenvalue weighted by molar-refractivity contribution is -0.121. The summed E-state index contributed by atoms with van der Waals surface area (Å²) in [6.07, 6.45) is 5.85. The van der Waals surface area contributed by atoms with Crippen LogP contribution in [0, 0.1) is 5.92 Å². The molecule has 0 unspecified atom stereocenters.